The summed E-state index contributed by atoms with van der Waals surface area (Å²) in [6.45, 7) is 5.61. The van der Waals surface area contributed by atoms with Crippen LogP contribution in [0.15, 0.2) is 30.9 Å². The van der Waals surface area contributed by atoms with Gasteiger partial charge in [-0.15, -0.1) is 6.58 Å². The highest BCUT2D eigenvalue weighted by Crippen LogP contribution is 2.32. The molecule has 4 nitrogen and oxygen atoms in total. The Balaban J connectivity index is 1.60. The maximum absolute atomic E-state index is 11.8. The monoisotopic (exact) mass is 259 g/mol. The fraction of sp³-hybridized carbons (Fsp3) is 0.400. The predicted octanol–water partition coefficient (Wildman–Crippen LogP) is 1.99. The average molecular weight is 259 g/mol. The zero-order valence-corrected chi connectivity index (χ0v) is 10.8. The predicted molar refractivity (Wildman–Crippen MR) is 71.2 cm³/mol. The van der Waals surface area contributed by atoms with E-state index in [0.717, 1.165) is 31.0 Å². The number of likely N-dealkylation sites (tertiary alicyclic amines) is 1. The Morgan fingerprint density at radius 3 is 3.00 bits per heavy atom. The third-order valence-electron chi connectivity index (χ3n) is 3.69. The number of benzene rings is 1. The zero-order chi connectivity index (χ0) is 13.2. The lowest BCUT2D eigenvalue weighted by molar-refractivity contribution is -0.127. The second-order valence-electron chi connectivity index (χ2n) is 4.98. The van der Waals surface area contributed by atoms with Crippen LogP contribution in [0.2, 0.25) is 0 Å². The number of hydrogen-bond acceptors (Lipinski definition) is 3. The van der Waals surface area contributed by atoms with Crippen molar-refractivity contribution in [1.82, 2.24) is 4.90 Å². The first-order chi connectivity index (χ1) is 9.26. The van der Waals surface area contributed by atoms with E-state index in [4.69, 9.17) is 9.47 Å². The van der Waals surface area contributed by atoms with E-state index in [9.17, 15) is 4.79 Å². The molecular formula is C15H17NO3. The highest BCUT2D eigenvalue weighted by molar-refractivity contribution is 5.79. The number of nitrogens with zero attached hydrogens (tertiary/aromatic N) is 1. The summed E-state index contributed by atoms with van der Waals surface area (Å²) in [5.41, 5.74) is 1.17. The van der Waals surface area contributed by atoms with Crippen LogP contribution < -0.4 is 9.47 Å². The molecule has 0 radical (unpaired) electrons. The lowest BCUT2D eigenvalue weighted by Crippen LogP contribution is -2.27. The van der Waals surface area contributed by atoms with Crippen molar-refractivity contribution in [2.75, 3.05) is 19.9 Å². The molecule has 2 aliphatic rings. The minimum absolute atomic E-state index is 0.227. The fourth-order valence-electron chi connectivity index (χ4n) is 2.54. The van der Waals surface area contributed by atoms with E-state index in [2.05, 4.69) is 6.58 Å². The largest absolute Gasteiger partial charge is 0.454 e. The Labute approximate surface area is 112 Å². The molecule has 1 aromatic carbocycles. The summed E-state index contributed by atoms with van der Waals surface area (Å²) in [5, 5.41) is 0. The number of fused-ring (bicyclic) bond motifs is 1. The maximum atomic E-state index is 11.8. The molecule has 100 valence electrons. The molecule has 0 N–H and O–H groups in total. The van der Waals surface area contributed by atoms with Gasteiger partial charge in [0.1, 0.15) is 0 Å². The molecule has 0 spiro atoms. The van der Waals surface area contributed by atoms with Crippen molar-refractivity contribution in [2.45, 2.75) is 12.8 Å². The number of amides is 1. The topological polar surface area (TPSA) is 38.8 Å². The van der Waals surface area contributed by atoms with Gasteiger partial charge in [0.2, 0.25) is 12.7 Å². The normalized spacial score (nSPS) is 20.9. The van der Waals surface area contributed by atoms with Gasteiger partial charge in [0.25, 0.3) is 0 Å². The maximum Gasteiger partial charge on any atom is 0.231 e. The molecule has 0 aliphatic carbocycles. The molecule has 1 unspecified atom stereocenters. The van der Waals surface area contributed by atoms with Gasteiger partial charge in [-0.1, -0.05) is 12.1 Å². The summed E-state index contributed by atoms with van der Waals surface area (Å²) in [7, 11) is 0. The second kappa shape index (κ2) is 4.96. The van der Waals surface area contributed by atoms with Crippen LogP contribution >= 0.6 is 0 Å². The highest BCUT2D eigenvalue weighted by Gasteiger charge is 2.27. The first-order valence-corrected chi connectivity index (χ1v) is 6.55. The van der Waals surface area contributed by atoms with E-state index in [1.54, 1.807) is 0 Å². The van der Waals surface area contributed by atoms with Crippen LogP contribution in [0.3, 0.4) is 0 Å². The average Bonchev–Trinajstić information content (AvgIpc) is 3.02. The van der Waals surface area contributed by atoms with Crippen LogP contribution in [-0.4, -0.2) is 30.7 Å². The molecule has 1 amide bonds. The number of hydrogen-bond donors (Lipinski definition) is 0. The standard InChI is InChI=1S/C15H17NO3/c1-2-11-8-15(17)16(9-11)6-5-12-3-4-13-14(7-12)19-10-18-13/h2-4,7,11H,1,5-6,8-10H2. The number of carbonyl (C=O) groups is 1. The Morgan fingerprint density at radius 2 is 2.21 bits per heavy atom. The van der Waals surface area contributed by atoms with Crippen molar-refractivity contribution in [2.24, 2.45) is 5.92 Å². The molecule has 0 aromatic heterocycles. The Kier molecular flexibility index (Phi) is 3.15. The van der Waals surface area contributed by atoms with E-state index in [-0.39, 0.29) is 5.91 Å². The molecule has 0 bridgehead atoms. The second-order valence-corrected chi connectivity index (χ2v) is 4.98. The van der Waals surface area contributed by atoms with Crippen LogP contribution in [-0.2, 0) is 11.2 Å². The third kappa shape index (κ3) is 2.43. The Bertz CT molecular complexity index is 512. The van der Waals surface area contributed by atoms with E-state index < -0.39 is 0 Å². The van der Waals surface area contributed by atoms with Crippen LogP contribution in [0.5, 0.6) is 11.5 Å². The molecule has 1 atom stereocenters. The number of ether oxygens (including phenoxy) is 2. The molecule has 4 heteroatoms. The van der Waals surface area contributed by atoms with Gasteiger partial charge >= 0.3 is 0 Å². The van der Waals surface area contributed by atoms with Crippen molar-refractivity contribution in [3.05, 3.63) is 36.4 Å². The van der Waals surface area contributed by atoms with Crippen molar-refractivity contribution in [1.29, 1.82) is 0 Å². The Hall–Kier alpha value is -1.97. The first-order valence-electron chi connectivity index (χ1n) is 6.55. The molecule has 19 heavy (non-hydrogen) atoms. The molecule has 2 aliphatic heterocycles. The third-order valence-corrected chi connectivity index (χ3v) is 3.69. The molecule has 0 saturated carbocycles. The van der Waals surface area contributed by atoms with Gasteiger partial charge in [-0.25, -0.2) is 0 Å². The van der Waals surface area contributed by atoms with Crippen LogP contribution in [0, 0.1) is 5.92 Å². The summed E-state index contributed by atoms with van der Waals surface area (Å²) < 4.78 is 10.6. The van der Waals surface area contributed by atoms with Gasteiger partial charge < -0.3 is 14.4 Å². The summed E-state index contributed by atoms with van der Waals surface area (Å²) in [4.78, 5) is 13.7. The molecule has 1 fully saturated rings. The van der Waals surface area contributed by atoms with E-state index >= 15 is 0 Å². The van der Waals surface area contributed by atoms with Gasteiger partial charge in [0.15, 0.2) is 11.5 Å². The van der Waals surface area contributed by atoms with Crippen LogP contribution in [0.1, 0.15) is 12.0 Å². The van der Waals surface area contributed by atoms with Gasteiger partial charge in [-0.05, 0) is 24.1 Å². The van der Waals surface area contributed by atoms with Crippen molar-refractivity contribution >= 4 is 5.91 Å². The number of carbonyl (C=O) groups excluding carboxylic acids is 1. The van der Waals surface area contributed by atoms with Crippen molar-refractivity contribution in [3.63, 3.8) is 0 Å². The minimum atomic E-state index is 0.227. The first kappa shape index (κ1) is 12.1. The zero-order valence-electron chi connectivity index (χ0n) is 10.8. The SMILES string of the molecule is C=CC1CC(=O)N(CCc2ccc3c(c2)OCO3)C1. The highest BCUT2D eigenvalue weighted by atomic mass is 16.7. The lowest BCUT2D eigenvalue weighted by Gasteiger charge is -2.16. The van der Waals surface area contributed by atoms with E-state index in [1.165, 1.54) is 5.56 Å². The molecule has 3 rings (SSSR count). The molecule has 1 aromatic rings. The summed E-state index contributed by atoms with van der Waals surface area (Å²) in [6.07, 6.45) is 3.31. The van der Waals surface area contributed by atoms with Gasteiger partial charge in [0, 0.05) is 25.4 Å². The minimum Gasteiger partial charge on any atom is -0.454 e. The molecule has 1 saturated heterocycles. The van der Waals surface area contributed by atoms with Crippen molar-refractivity contribution < 1.29 is 14.3 Å². The lowest BCUT2D eigenvalue weighted by atomic mass is 10.1. The summed E-state index contributed by atoms with van der Waals surface area (Å²) >= 11 is 0. The quantitative estimate of drug-likeness (QED) is 0.776. The Morgan fingerprint density at radius 1 is 1.37 bits per heavy atom. The van der Waals surface area contributed by atoms with Gasteiger partial charge in [0.05, 0.1) is 0 Å². The van der Waals surface area contributed by atoms with Crippen molar-refractivity contribution in [3.8, 4) is 11.5 Å². The van der Waals surface area contributed by atoms with Crippen LogP contribution in [0.25, 0.3) is 0 Å². The van der Waals surface area contributed by atoms with Crippen LogP contribution in [0.4, 0.5) is 0 Å². The summed E-state index contributed by atoms with van der Waals surface area (Å²) in [5.74, 6) is 2.14. The summed E-state index contributed by atoms with van der Waals surface area (Å²) in [6, 6.07) is 5.95. The molecular weight excluding hydrogens is 242 g/mol. The fourth-order valence-corrected chi connectivity index (χ4v) is 2.54. The number of rotatable bonds is 4. The molecule has 2 heterocycles. The van der Waals surface area contributed by atoms with Gasteiger partial charge in [-0.2, -0.15) is 0 Å². The van der Waals surface area contributed by atoms with Gasteiger partial charge in [-0.3, -0.25) is 4.79 Å². The smallest absolute Gasteiger partial charge is 0.231 e. The van der Waals surface area contributed by atoms with E-state index in [0.29, 0.717) is 19.1 Å². The van der Waals surface area contributed by atoms with E-state index in [1.807, 2.05) is 29.2 Å².